The fraction of sp³-hybridized carbons (Fsp3) is 0.294. The monoisotopic (exact) mass is 319 g/mol. The molecule has 2 rings (SSSR count). The molecule has 118 valence electrons. The van der Waals surface area contributed by atoms with Gasteiger partial charge in [-0.1, -0.05) is 42.0 Å². The van der Waals surface area contributed by atoms with Crippen molar-refractivity contribution in [3.8, 4) is 0 Å². The van der Waals surface area contributed by atoms with Gasteiger partial charge in [-0.2, -0.15) is 0 Å². The molecule has 0 aliphatic rings. The van der Waals surface area contributed by atoms with Crippen molar-refractivity contribution in [2.45, 2.75) is 24.8 Å². The molecule has 0 fully saturated rings. The molecule has 1 unspecified atom stereocenters. The Bertz CT molecular complexity index is 724. The zero-order chi connectivity index (χ0) is 16.2. The van der Waals surface area contributed by atoms with E-state index < -0.39 is 10.0 Å². The van der Waals surface area contributed by atoms with Crippen LogP contribution in [0, 0.1) is 13.8 Å². The molecule has 5 heteroatoms. The maximum atomic E-state index is 12.3. The lowest BCUT2D eigenvalue weighted by Gasteiger charge is -2.18. The maximum absolute atomic E-state index is 12.3. The second kappa shape index (κ2) is 7.05. The highest BCUT2D eigenvalue weighted by Gasteiger charge is 2.18. The van der Waals surface area contributed by atoms with Crippen molar-refractivity contribution < 1.29 is 13.2 Å². The minimum Gasteiger partial charge on any atom is -0.375 e. The van der Waals surface area contributed by atoms with Gasteiger partial charge in [0.1, 0.15) is 0 Å². The normalized spacial score (nSPS) is 13.0. The number of nitrogens with one attached hydrogen (secondary N) is 1. The number of benzene rings is 2. The molecule has 0 saturated carbocycles. The molecule has 1 atom stereocenters. The average molecular weight is 319 g/mol. The second-order valence-corrected chi connectivity index (χ2v) is 7.01. The van der Waals surface area contributed by atoms with E-state index in [9.17, 15) is 8.42 Å². The molecule has 1 N–H and O–H groups in total. The van der Waals surface area contributed by atoms with Gasteiger partial charge in [-0.3, -0.25) is 0 Å². The van der Waals surface area contributed by atoms with Crippen LogP contribution in [0.15, 0.2) is 53.4 Å². The summed E-state index contributed by atoms with van der Waals surface area (Å²) >= 11 is 0. The van der Waals surface area contributed by atoms with Crippen LogP contribution in [-0.2, 0) is 14.8 Å². The van der Waals surface area contributed by atoms with Crippen molar-refractivity contribution >= 4 is 10.0 Å². The van der Waals surface area contributed by atoms with Crippen LogP contribution in [0.3, 0.4) is 0 Å². The Morgan fingerprint density at radius 3 is 2.27 bits per heavy atom. The Labute approximate surface area is 132 Å². The van der Waals surface area contributed by atoms with Crippen LogP contribution >= 0.6 is 0 Å². The highest BCUT2D eigenvalue weighted by molar-refractivity contribution is 7.89. The van der Waals surface area contributed by atoms with Gasteiger partial charge >= 0.3 is 0 Å². The highest BCUT2D eigenvalue weighted by atomic mass is 32.2. The molecule has 2 aromatic rings. The highest BCUT2D eigenvalue weighted by Crippen LogP contribution is 2.20. The molecule has 0 saturated heterocycles. The third-order valence-corrected chi connectivity index (χ3v) is 5.05. The largest absolute Gasteiger partial charge is 0.375 e. The first kappa shape index (κ1) is 16.7. The van der Waals surface area contributed by atoms with Crippen molar-refractivity contribution in [2.75, 3.05) is 13.7 Å². The van der Waals surface area contributed by atoms with Crippen LogP contribution in [0.5, 0.6) is 0 Å². The van der Waals surface area contributed by atoms with Crippen molar-refractivity contribution in [3.05, 3.63) is 65.2 Å². The van der Waals surface area contributed by atoms with Gasteiger partial charge in [-0.15, -0.1) is 0 Å². The van der Waals surface area contributed by atoms with Crippen molar-refractivity contribution in [3.63, 3.8) is 0 Å². The fourth-order valence-corrected chi connectivity index (χ4v) is 3.29. The van der Waals surface area contributed by atoms with E-state index in [1.807, 2.05) is 38.1 Å². The first-order chi connectivity index (χ1) is 10.4. The topological polar surface area (TPSA) is 55.4 Å². The Kier molecular flexibility index (Phi) is 5.34. The van der Waals surface area contributed by atoms with Gasteiger partial charge in [0, 0.05) is 13.7 Å². The van der Waals surface area contributed by atoms with E-state index in [0.717, 1.165) is 16.7 Å². The summed E-state index contributed by atoms with van der Waals surface area (Å²) in [5.41, 5.74) is 3.08. The van der Waals surface area contributed by atoms with Crippen molar-refractivity contribution in [2.24, 2.45) is 0 Å². The molecule has 0 heterocycles. The van der Waals surface area contributed by atoms with E-state index in [2.05, 4.69) is 4.72 Å². The Hall–Kier alpha value is -1.69. The van der Waals surface area contributed by atoms with Gasteiger partial charge in [0.15, 0.2) is 0 Å². The van der Waals surface area contributed by atoms with Crippen LogP contribution in [0.1, 0.15) is 22.8 Å². The Balaban J connectivity index is 2.13. The van der Waals surface area contributed by atoms with Crippen LogP contribution in [0.2, 0.25) is 0 Å². The predicted molar refractivity (Wildman–Crippen MR) is 87.3 cm³/mol. The van der Waals surface area contributed by atoms with Crippen LogP contribution < -0.4 is 4.72 Å². The van der Waals surface area contributed by atoms with E-state index in [1.165, 1.54) is 0 Å². The van der Waals surface area contributed by atoms with E-state index in [4.69, 9.17) is 4.74 Å². The molecular formula is C17H21NO3S. The van der Waals surface area contributed by atoms with Gasteiger partial charge < -0.3 is 4.74 Å². The summed E-state index contributed by atoms with van der Waals surface area (Å²) in [6, 6.07) is 14.6. The van der Waals surface area contributed by atoms with E-state index in [0.29, 0.717) is 0 Å². The summed E-state index contributed by atoms with van der Waals surface area (Å²) in [4.78, 5) is 0.262. The Morgan fingerprint density at radius 2 is 1.68 bits per heavy atom. The molecule has 0 aliphatic carbocycles. The number of hydrogen-bond donors (Lipinski definition) is 1. The van der Waals surface area contributed by atoms with Crippen molar-refractivity contribution in [1.82, 2.24) is 4.72 Å². The van der Waals surface area contributed by atoms with Crippen molar-refractivity contribution in [1.29, 1.82) is 0 Å². The third kappa shape index (κ3) is 3.94. The summed E-state index contributed by atoms with van der Waals surface area (Å²) in [6.45, 7) is 4.09. The predicted octanol–water partition coefficient (Wildman–Crippen LogP) is 2.97. The van der Waals surface area contributed by atoms with E-state index in [1.54, 1.807) is 31.4 Å². The van der Waals surface area contributed by atoms with Crippen LogP contribution in [0.25, 0.3) is 0 Å². The number of hydrogen-bond acceptors (Lipinski definition) is 3. The summed E-state index contributed by atoms with van der Waals surface area (Å²) in [5, 5.41) is 0. The van der Waals surface area contributed by atoms with Gasteiger partial charge in [0.2, 0.25) is 10.0 Å². The summed E-state index contributed by atoms with van der Waals surface area (Å²) in [7, 11) is -1.95. The second-order valence-electron chi connectivity index (χ2n) is 5.25. The molecule has 0 amide bonds. The lowest BCUT2D eigenvalue weighted by Crippen LogP contribution is -2.29. The molecule has 4 nitrogen and oxygen atoms in total. The van der Waals surface area contributed by atoms with Gasteiger partial charge in [-0.25, -0.2) is 13.1 Å². The first-order valence-electron chi connectivity index (χ1n) is 7.08. The lowest BCUT2D eigenvalue weighted by molar-refractivity contribution is 0.107. The molecular weight excluding hydrogens is 298 g/mol. The van der Waals surface area contributed by atoms with Gasteiger partial charge in [0.25, 0.3) is 0 Å². The minimum atomic E-state index is -3.53. The molecule has 0 aliphatic heterocycles. The third-order valence-electron chi connectivity index (χ3n) is 3.61. The molecule has 0 bridgehead atoms. The number of methoxy groups -OCH3 is 1. The zero-order valence-electron chi connectivity index (χ0n) is 13.0. The molecule has 0 spiro atoms. The fourth-order valence-electron chi connectivity index (χ4n) is 2.25. The van der Waals surface area contributed by atoms with Crippen LogP contribution in [0.4, 0.5) is 0 Å². The molecule has 2 aromatic carbocycles. The Morgan fingerprint density at radius 1 is 1.05 bits per heavy atom. The van der Waals surface area contributed by atoms with Gasteiger partial charge in [0.05, 0.1) is 11.0 Å². The minimum absolute atomic E-state index is 0.192. The SMILES string of the molecule is COC(CNS(=O)(=O)c1ccc(C)cc1)c1ccccc1C. The van der Waals surface area contributed by atoms with E-state index >= 15 is 0 Å². The molecule has 0 aromatic heterocycles. The number of ether oxygens (including phenoxy) is 1. The maximum Gasteiger partial charge on any atom is 0.240 e. The molecule has 0 radical (unpaired) electrons. The standard InChI is InChI=1S/C17H21NO3S/c1-13-8-10-15(11-9-13)22(19,20)18-12-17(21-3)16-7-5-4-6-14(16)2/h4-11,17-18H,12H2,1-3H3. The van der Waals surface area contributed by atoms with E-state index in [-0.39, 0.29) is 17.5 Å². The van der Waals surface area contributed by atoms with Gasteiger partial charge in [-0.05, 0) is 37.1 Å². The molecule has 22 heavy (non-hydrogen) atoms. The average Bonchev–Trinajstić information content (AvgIpc) is 2.50. The lowest BCUT2D eigenvalue weighted by atomic mass is 10.0. The zero-order valence-corrected chi connectivity index (χ0v) is 13.9. The number of rotatable bonds is 6. The van der Waals surface area contributed by atoms with Crippen LogP contribution in [-0.4, -0.2) is 22.1 Å². The quantitative estimate of drug-likeness (QED) is 0.890. The summed E-state index contributed by atoms with van der Waals surface area (Å²) < 4.78 is 32.7. The number of aryl methyl sites for hydroxylation is 2. The summed E-state index contributed by atoms with van der Waals surface area (Å²) in [5.74, 6) is 0. The smallest absolute Gasteiger partial charge is 0.240 e. The first-order valence-corrected chi connectivity index (χ1v) is 8.57. The summed E-state index contributed by atoms with van der Waals surface area (Å²) in [6.07, 6.45) is -0.318. The number of sulfonamides is 1.